The van der Waals surface area contributed by atoms with Crippen molar-refractivity contribution in [2.24, 2.45) is 0 Å². The molecular formula is C17H15FN2O3. The van der Waals surface area contributed by atoms with Crippen molar-refractivity contribution in [1.82, 2.24) is 5.32 Å². The molecule has 0 aliphatic heterocycles. The molecule has 6 heteroatoms. The van der Waals surface area contributed by atoms with Crippen LogP contribution < -0.4 is 10.6 Å². The van der Waals surface area contributed by atoms with Gasteiger partial charge in [-0.2, -0.15) is 0 Å². The van der Waals surface area contributed by atoms with Crippen LogP contribution in [0.15, 0.2) is 48.5 Å². The van der Waals surface area contributed by atoms with E-state index in [1.807, 2.05) is 0 Å². The van der Waals surface area contributed by atoms with E-state index in [9.17, 15) is 18.8 Å². The lowest BCUT2D eigenvalue weighted by molar-refractivity contribution is -0.115. The zero-order valence-corrected chi connectivity index (χ0v) is 12.4. The molecule has 2 rings (SSSR count). The summed E-state index contributed by atoms with van der Waals surface area (Å²) in [5, 5.41) is 4.90. The first kappa shape index (κ1) is 16.4. The number of carbonyl (C=O) groups excluding carboxylic acids is 3. The van der Waals surface area contributed by atoms with Crippen molar-refractivity contribution in [1.29, 1.82) is 0 Å². The zero-order chi connectivity index (χ0) is 16.8. The Labute approximate surface area is 132 Å². The fourth-order valence-corrected chi connectivity index (χ4v) is 1.92. The first-order chi connectivity index (χ1) is 11.0. The fraction of sp³-hybridized carbons (Fsp3) is 0.118. The SMILES string of the molecule is CC(=O)c1cccc(NC(=O)CNC(=O)c2ccccc2F)c1. The van der Waals surface area contributed by atoms with Gasteiger partial charge in [-0.15, -0.1) is 0 Å². The largest absolute Gasteiger partial charge is 0.343 e. The third-order valence-corrected chi connectivity index (χ3v) is 3.08. The van der Waals surface area contributed by atoms with E-state index in [0.29, 0.717) is 11.3 Å². The standard InChI is InChI=1S/C17H15FN2O3/c1-11(21)12-5-4-6-13(9-12)20-16(22)10-19-17(23)14-7-2-3-8-15(14)18/h2-9H,10H2,1H3,(H,19,23)(H,20,22). The number of rotatable bonds is 5. The predicted octanol–water partition coefficient (Wildman–Crippen LogP) is 2.40. The summed E-state index contributed by atoms with van der Waals surface area (Å²) < 4.78 is 13.4. The molecule has 0 aliphatic rings. The van der Waals surface area contributed by atoms with Gasteiger partial charge in [-0.3, -0.25) is 14.4 Å². The van der Waals surface area contributed by atoms with Gasteiger partial charge in [0, 0.05) is 11.3 Å². The van der Waals surface area contributed by atoms with Gasteiger partial charge in [-0.05, 0) is 31.2 Å². The molecule has 2 aromatic carbocycles. The summed E-state index contributed by atoms with van der Waals surface area (Å²) in [5.41, 5.74) is 0.792. The number of hydrogen-bond donors (Lipinski definition) is 2. The minimum atomic E-state index is -0.671. The van der Waals surface area contributed by atoms with Crippen molar-refractivity contribution in [3.05, 3.63) is 65.5 Å². The number of nitrogens with one attached hydrogen (secondary N) is 2. The highest BCUT2D eigenvalue weighted by Gasteiger charge is 2.12. The third kappa shape index (κ3) is 4.47. The normalized spacial score (nSPS) is 10.0. The summed E-state index contributed by atoms with van der Waals surface area (Å²) in [6.07, 6.45) is 0. The van der Waals surface area contributed by atoms with Gasteiger partial charge in [0.2, 0.25) is 5.91 Å². The van der Waals surface area contributed by atoms with Gasteiger partial charge in [-0.25, -0.2) is 4.39 Å². The molecule has 0 heterocycles. The summed E-state index contributed by atoms with van der Waals surface area (Å²) in [5.74, 6) is -1.92. The first-order valence-electron chi connectivity index (χ1n) is 6.91. The van der Waals surface area contributed by atoms with Gasteiger partial charge >= 0.3 is 0 Å². The van der Waals surface area contributed by atoms with Crippen LogP contribution in [0.2, 0.25) is 0 Å². The highest BCUT2D eigenvalue weighted by Crippen LogP contribution is 2.11. The van der Waals surface area contributed by atoms with Gasteiger partial charge < -0.3 is 10.6 Å². The van der Waals surface area contributed by atoms with Crippen LogP contribution in [0.5, 0.6) is 0 Å². The molecule has 0 aromatic heterocycles. The van der Waals surface area contributed by atoms with E-state index in [1.54, 1.807) is 24.3 Å². The van der Waals surface area contributed by atoms with E-state index in [0.717, 1.165) is 0 Å². The maximum atomic E-state index is 13.4. The van der Waals surface area contributed by atoms with Crippen molar-refractivity contribution in [2.75, 3.05) is 11.9 Å². The molecule has 0 unspecified atom stereocenters. The Morgan fingerprint density at radius 2 is 1.78 bits per heavy atom. The van der Waals surface area contributed by atoms with E-state index in [1.165, 1.54) is 31.2 Å². The highest BCUT2D eigenvalue weighted by molar-refractivity contribution is 6.00. The number of anilines is 1. The number of hydrogen-bond acceptors (Lipinski definition) is 3. The second-order valence-corrected chi connectivity index (χ2v) is 4.85. The molecule has 0 fully saturated rings. The minimum absolute atomic E-state index is 0.117. The number of amides is 2. The van der Waals surface area contributed by atoms with Crippen molar-refractivity contribution in [2.45, 2.75) is 6.92 Å². The summed E-state index contributed by atoms with van der Waals surface area (Å²) in [4.78, 5) is 34.9. The molecule has 2 N–H and O–H groups in total. The van der Waals surface area contributed by atoms with Crippen LogP contribution in [0.4, 0.5) is 10.1 Å². The molecule has 0 aliphatic carbocycles. The Morgan fingerprint density at radius 3 is 2.48 bits per heavy atom. The maximum absolute atomic E-state index is 13.4. The number of halogens is 1. The van der Waals surface area contributed by atoms with Crippen LogP contribution in [0.1, 0.15) is 27.6 Å². The Kier molecular flexibility index (Phi) is 5.19. The number of benzene rings is 2. The number of Topliss-reactive ketones (excluding diaryl/α,β-unsaturated/α-hetero) is 1. The molecule has 5 nitrogen and oxygen atoms in total. The van der Waals surface area contributed by atoms with Crippen molar-refractivity contribution >= 4 is 23.3 Å². The maximum Gasteiger partial charge on any atom is 0.254 e. The molecule has 0 atom stereocenters. The van der Waals surface area contributed by atoms with E-state index in [-0.39, 0.29) is 17.9 Å². The molecule has 2 amide bonds. The zero-order valence-electron chi connectivity index (χ0n) is 12.4. The van der Waals surface area contributed by atoms with Gasteiger partial charge in [0.15, 0.2) is 5.78 Å². The Hall–Kier alpha value is -3.02. The number of ketones is 1. The molecule has 0 bridgehead atoms. The lowest BCUT2D eigenvalue weighted by Gasteiger charge is -2.08. The average molecular weight is 314 g/mol. The molecule has 118 valence electrons. The van der Waals surface area contributed by atoms with Gasteiger partial charge in [-0.1, -0.05) is 24.3 Å². The molecule has 0 spiro atoms. The molecule has 0 radical (unpaired) electrons. The van der Waals surface area contributed by atoms with E-state index >= 15 is 0 Å². The Morgan fingerprint density at radius 1 is 1.04 bits per heavy atom. The predicted molar refractivity (Wildman–Crippen MR) is 83.8 cm³/mol. The molecule has 23 heavy (non-hydrogen) atoms. The van der Waals surface area contributed by atoms with Gasteiger partial charge in [0.25, 0.3) is 5.91 Å². The average Bonchev–Trinajstić information content (AvgIpc) is 2.53. The third-order valence-electron chi connectivity index (χ3n) is 3.08. The van der Waals surface area contributed by atoms with Crippen LogP contribution >= 0.6 is 0 Å². The van der Waals surface area contributed by atoms with Crippen LogP contribution in [-0.4, -0.2) is 24.1 Å². The monoisotopic (exact) mass is 314 g/mol. The molecule has 0 saturated heterocycles. The Bertz CT molecular complexity index is 759. The quantitative estimate of drug-likeness (QED) is 0.832. The van der Waals surface area contributed by atoms with E-state index < -0.39 is 17.6 Å². The summed E-state index contributed by atoms with van der Waals surface area (Å²) in [7, 11) is 0. The lowest BCUT2D eigenvalue weighted by atomic mass is 10.1. The lowest BCUT2D eigenvalue weighted by Crippen LogP contribution is -2.33. The molecule has 0 saturated carbocycles. The Balaban J connectivity index is 1.93. The highest BCUT2D eigenvalue weighted by atomic mass is 19.1. The summed E-state index contributed by atoms with van der Waals surface area (Å²) >= 11 is 0. The molecule has 2 aromatic rings. The summed E-state index contributed by atoms with van der Waals surface area (Å²) in [6.45, 7) is 1.12. The number of carbonyl (C=O) groups is 3. The first-order valence-corrected chi connectivity index (χ1v) is 6.91. The second-order valence-electron chi connectivity index (χ2n) is 4.85. The van der Waals surface area contributed by atoms with Crippen LogP contribution in [0.3, 0.4) is 0 Å². The minimum Gasteiger partial charge on any atom is -0.343 e. The van der Waals surface area contributed by atoms with Crippen molar-refractivity contribution in [3.8, 4) is 0 Å². The van der Waals surface area contributed by atoms with Crippen LogP contribution in [-0.2, 0) is 4.79 Å². The summed E-state index contributed by atoms with van der Waals surface area (Å²) in [6, 6.07) is 12.0. The van der Waals surface area contributed by atoms with Crippen molar-refractivity contribution in [3.63, 3.8) is 0 Å². The topological polar surface area (TPSA) is 75.3 Å². The fourth-order valence-electron chi connectivity index (χ4n) is 1.92. The van der Waals surface area contributed by atoms with E-state index in [4.69, 9.17) is 0 Å². The molecular weight excluding hydrogens is 299 g/mol. The second kappa shape index (κ2) is 7.31. The van der Waals surface area contributed by atoms with Gasteiger partial charge in [0.1, 0.15) is 5.82 Å². The van der Waals surface area contributed by atoms with Crippen LogP contribution in [0, 0.1) is 5.82 Å². The smallest absolute Gasteiger partial charge is 0.254 e. The van der Waals surface area contributed by atoms with Crippen LogP contribution in [0.25, 0.3) is 0 Å². The van der Waals surface area contributed by atoms with Gasteiger partial charge in [0.05, 0.1) is 12.1 Å². The van der Waals surface area contributed by atoms with Crippen molar-refractivity contribution < 1.29 is 18.8 Å². The van der Waals surface area contributed by atoms with E-state index in [2.05, 4.69) is 10.6 Å².